The van der Waals surface area contributed by atoms with E-state index in [1.54, 1.807) is 19.3 Å². The summed E-state index contributed by atoms with van der Waals surface area (Å²) in [6, 6.07) is 1.59. The highest BCUT2D eigenvalue weighted by Gasteiger charge is 2.41. The maximum Gasteiger partial charge on any atom is 0.268 e. The predicted molar refractivity (Wildman–Crippen MR) is 81.9 cm³/mol. The number of piperazine rings is 1. The van der Waals surface area contributed by atoms with Gasteiger partial charge in [-0.3, -0.25) is 9.59 Å². The third kappa shape index (κ3) is 2.72. The summed E-state index contributed by atoms with van der Waals surface area (Å²) in [4.78, 5) is 28.2. The molecule has 22 heavy (non-hydrogen) atoms. The molecule has 3 heterocycles. The van der Waals surface area contributed by atoms with Crippen molar-refractivity contribution in [3.8, 4) is 0 Å². The van der Waals surface area contributed by atoms with E-state index in [1.165, 1.54) is 4.68 Å². The van der Waals surface area contributed by atoms with Gasteiger partial charge in [-0.25, -0.2) is 4.68 Å². The zero-order chi connectivity index (χ0) is 15.7. The zero-order valence-electron chi connectivity index (χ0n) is 13.1. The molecule has 7 nitrogen and oxygen atoms in total. The molecule has 7 heteroatoms. The van der Waals surface area contributed by atoms with Crippen molar-refractivity contribution in [2.24, 2.45) is 7.05 Å². The van der Waals surface area contributed by atoms with Crippen molar-refractivity contribution in [1.29, 1.82) is 0 Å². The van der Waals surface area contributed by atoms with E-state index >= 15 is 0 Å². The second-order valence-electron chi connectivity index (χ2n) is 6.14. The first-order valence-electron chi connectivity index (χ1n) is 7.71. The molecule has 2 aliphatic rings. The van der Waals surface area contributed by atoms with E-state index in [1.807, 2.05) is 11.8 Å². The summed E-state index contributed by atoms with van der Waals surface area (Å²) in [5.41, 5.74) is 0.0493. The maximum atomic E-state index is 12.6. The number of anilines is 1. The molecule has 0 bridgehead atoms. The summed E-state index contributed by atoms with van der Waals surface area (Å²) in [6.45, 7) is 5.26. The van der Waals surface area contributed by atoms with Crippen molar-refractivity contribution >= 4 is 11.6 Å². The SMILES string of the molecule is Cn1ncc(N2CCN(C(=O)[C@]3(C)CCCO3)CC2)cc1=O. The van der Waals surface area contributed by atoms with Crippen LogP contribution in [0.15, 0.2) is 17.1 Å². The molecule has 0 aromatic carbocycles. The molecule has 0 aliphatic carbocycles. The highest BCUT2D eigenvalue weighted by molar-refractivity contribution is 5.85. The highest BCUT2D eigenvalue weighted by atomic mass is 16.5. The molecular formula is C15H22N4O3. The Hall–Kier alpha value is -1.89. The van der Waals surface area contributed by atoms with Gasteiger partial charge >= 0.3 is 0 Å². The van der Waals surface area contributed by atoms with Gasteiger partial charge in [-0.15, -0.1) is 0 Å². The lowest BCUT2D eigenvalue weighted by Gasteiger charge is -2.38. The molecule has 0 N–H and O–H groups in total. The van der Waals surface area contributed by atoms with Crippen LogP contribution in [0.1, 0.15) is 19.8 Å². The number of hydrogen-bond donors (Lipinski definition) is 0. The van der Waals surface area contributed by atoms with Gasteiger partial charge in [-0.2, -0.15) is 5.10 Å². The monoisotopic (exact) mass is 306 g/mol. The number of carbonyl (C=O) groups is 1. The van der Waals surface area contributed by atoms with E-state index in [4.69, 9.17) is 4.74 Å². The van der Waals surface area contributed by atoms with Gasteiger partial charge in [0.15, 0.2) is 0 Å². The first kappa shape index (κ1) is 15.0. The molecule has 0 unspecified atom stereocenters. The standard InChI is InChI=1S/C15H22N4O3/c1-15(4-3-9-22-15)14(21)19-7-5-18(6-8-19)12-10-13(20)17(2)16-11-12/h10-11H,3-9H2,1-2H3/t15-/m0/s1. The van der Waals surface area contributed by atoms with Crippen LogP contribution in [0, 0.1) is 0 Å². The second kappa shape index (κ2) is 5.72. The number of amides is 1. The Morgan fingerprint density at radius 1 is 1.32 bits per heavy atom. The van der Waals surface area contributed by atoms with Crippen LogP contribution in [0.5, 0.6) is 0 Å². The van der Waals surface area contributed by atoms with Gasteiger partial charge in [0.1, 0.15) is 5.60 Å². The van der Waals surface area contributed by atoms with E-state index in [9.17, 15) is 9.59 Å². The van der Waals surface area contributed by atoms with Crippen molar-refractivity contribution in [1.82, 2.24) is 14.7 Å². The van der Waals surface area contributed by atoms with Gasteiger partial charge < -0.3 is 14.5 Å². The first-order chi connectivity index (χ1) is 10.5. The van der Waals surface area contributed by atoms with E-state index in [0.29, 0.717) is 32.8 Å². The second-order valence-corrected chi connectivity index (χ2v) is 6.14. The smallest absolute Gasteiger partial charge is 0.268 e. The lowest BCUT2D eigenvalue weighted by Crippen LogP contribution is -2.55. The van der Waals surface area contributed by atoms with Crippen LogP contribution in [-0.4, -0.2) is 59.0 Å². The van der Waals surface area contributed by atoms with Crippen molar-refractivity contribution in [2.45, 2.75) is 25.4 Å². The summed E-state index contributed by atoms with van der Waals surface area (Å²) in [5.74, 6) is 0.0896. The number of hydrogen-bond acceptors (Lipinski definition) is 5. The van der Waals surface area contributed by atoms with E-state index in [-0.39, 0.29) is 11.5 Å². The molecule has 0 spiro atoms. The van der Waals surface area contributed by atoms with Crippen LogP contribution < -0.4 is 10.5 Å². The Morgan fingerprint density at radius 2 is 2.05 bits per heavy atom. The minimum atomic E-state index is -0.646. The lowest BCUT2D eigenvalue weighted by atomic mass is 10.0. The van der Waals surface area contributed by atoms with Gasteiger partial charge in [0.05, 0.1) is 11.9 Å². The summed E-state index contributed by atoms with van der Waals surface area (Å²) < 4.78 is 6.94. The molecule has 1 amide bonds. The van der Waals surface area contributed by atoms with Gasteiger partial charge in [-0.05, 0) is 19.8 Å². The van der Waals surface area contributed by atoms with Crippen molar-refractivity contribution < 1.29 is 9.53 Å². The van der Waals surface area contributed by atoms with Crippen molar-refractivity contribution in [3.63, 3.8) is 0 Å². The van der Waals surface area contributed by atoms with Gasteiger partial charge in [-0.1, -0.05) is 0 Å². The normalized spacial score (nSPS) is 25.5. The van der Waals surface area contributed by atoms with E-state index < -0.39 is 5.60 Å². The Kier molecular flexibility index (Phi) is 3.90. The number of aromatic nitrogens is 2. The topological polar surface area (TPSA) is 67.7 Å². The maximum absolute atomic E-state index is 12.6. The number of rotatable bonds is 2. The largest absolute Gasteiger partial charge is 0.367 e. The fourth-order valence-corrected chi connectivity index (χ4v) is 3.08. The minimum absolute atomic E-state index is 0.0896. The Morgan fingerprint density at radius 3 is 2.64 bits per heavy atom. The summed E-state index contributed by atoms with van der Waals surface area (Å²) >= 11 is 0. The molecule has 3 rings (SSSR count). The molecule has 1 atom stereocenters. The molecule has 1 aromatic heterocycles. The summed E-state index contributed by atoms with van der Waals surface area (Å²) in [7, 11) is 1.63. The average molecular weight is 306 g/mol. The van der Waals surface area contributed by atoms with Crippen molar-refractivity contribution in [2.75, 3.05) is 37.7 Å². The molecular weight excluding hydrogens is 284 g/mol. The number of aryl methyl sites for hydroxylation is 1. The molecule has 1 aromatic rings. The molecule has 0 radical (unpaired) electrons. The minimum Gasteiger partial charge on any atom is -0.367 e. The van der Waals surface area contributed by atoms with Crippen LogP contribution in [-0.2, 0) is 16.6 Å². The van der Waals surface area contributed by atoms with Crippen molar-refractivity contribution in [3.05, 3.63) is 22.6 Å². The molecule has 120 valence electrons. The van der Waals surface area contributed by atoms with Crippen LogP contribution in [0.25, 0.3) is 0 Å². The highest BCUT2D eigenvalue weighted by Crippen LogP contribution is 2.28. The quantitative estimate of drug-likeness (QED) is 0.769. The Balaban J connectivity index is 1.63. The van der Waals surface area contributed by atoms with Gasteiger partial charge in [0, 0.05) is 45.9 Å². The zero-order valence-corrected chi connectivity index (χ0v) is 13.1. The Labute approximate surface area is 129 Å². The van der Waals surface area contributed by atoms with Crippen LogP contribution >= 0.6 is 0 Å². The van der Waals surface area contributed by atoms with Gasteiger partial charge in [0.2, 0.25) is 0 Å². The lowest BCUT2D eigenvalue weighted by molar-refractivity contribution is -0.151. The average Bonchev–Trinajstić information content (AvgIpc) is 2.97. The summed E-state index contributed by atoms with van der Waals surface area (Å²) in [5, 5.41) is 4.04. The van der Waals surface area contributed by atoms with E-state index in [2.05, 4.69) is 10.00 Å². The third-order valence-corrected chi connectivity index (χ3v) is 4.56. The summed E-state index contributed by atoms with van der Waals surface area (Å²) in [6.07, 6.45) is 3.44. The molecule has 0 saturated carbocycles. The van der Waals surface area contributed by atoms with Crippen LogP contribution in [0.4, 0.5) is 5.69 Å². The molecule has 2 fully saturated rings. The fraction of sp³-hybridized carbons (Fsp3) is 0.667. The number of ether oxygens (including phenoxy) is 1. The van der Waals surface area contributed by atoms with Crippen LogP contribution in [0.2, 0.25) is 0 Å². The van der Waals surface area contributed by atoms with Gasteiger partial charge in [0.25, 0.3) is 11.5 Å². The number of nitrogens with zero attached hydrogens (tertiary/aromatic N) is 4. The fourth-order valence-electron chi connectivity index (χ4n) is 3.08. The van der Waals surface area contributed by atoms with Crippen LogP contribution in [0.3, 0.4) is 0 Å². The molecule has 2 saturated heterocycles. The number of carbonyl (C=O) groups excluding carboxylic acids is 1. The Bertz CT molecular complexity index is 613. The van der Waals surface area contributed by atoms with E-state index in [0.717, 1.165) is 18.5 Å². The first-order valence-corrected chi connectivity index (χ1v) is 7.71. The molecule has 2 aliphatic heterocycles. The predicted octanol–water partition coefficient (Wildman–Crippen LogP) is -0.00200. The third-order valence-electron chi connectivity index (χ3n) is 4.56.